The third-order valence-electron chi connectivity index (χ3n) is 5.06. The summed E-state index contributed by atoms with van der Waals surface area (Å²) in [5.74, 6) is 0.819. The minimum absolute atomic E-state index is 0.136. The standard InChI is InChI=1S/C26H40NO2PS/c1-24(2,3)30(25(4,5)6)22-14-12-11-13-21(22)23(27-31(28)26(7,8)9)19-15-17-20(29-10)18-16-19/h11-18,23,27H,1-10H3/t23-,31+/m0/s1. The van der Waals surface area contributed by atoms with Crippen LogP contribution in [0.3, 0.4) is 0 Å². The maximum absolute atomic E-state index is 13.2. The Morgan fingerprint density at radius 1 is 0.839 bits per heavy atom. The Bertz CT molecular complexity index is 875. The number of methoxy groups -OCH3 is 1. The first-order valence-corrected chi connectivity index (χ1v) is 13.4. The van der Waals surface area contributed by atoms with Crippen LogP contribution in [-0.2, 0) is 11.0 Å². The summed E-state index contributed by atoms with van der Waals surface area (Å²) >= 11 is 0. The van der Waals surface area contributed by atoms with Gasteiger partial charge in [-0.25, -0.2) is 8.93 Å². The number of ether oxygens (including phenoxy) is 1. The molecule has 0 unspecified atom stereocenters. The van der Waals surface area contributed by atoms with Crippen LogP contribution in [0.2, 0.25) is 0 Å². The summed E-state index contributed by atoms with van der Waals surface area (Å²) in [5.41, 5.74) is 2.30. The lowest BCUT2D eigenvalue weighted by Crippen LogP contribution is -2.39. The van der Waals surface area contributed by atoms with Crippen LogP contribution in [0.25, 0.3) is 0 Å². The van der Waals surface area contributed by atoms with Gasteiger partial charge in [0.2, 0.25) is 0 Å². The van der Waals surface area contributed by atoms with Gasteiger partial charge in [-0.05, 0) is 59.6 Å². The lowest BCUT2D eigenvalue weighted by molar-refractivity contribution is 0.414. The van der Waals surface area contributed by atoms with Crippen LogP contribution in [0.15, 0.2) is 48.5 Å². The zero-order chi connectivity index (χ0) is 23.6. The van der Waals surface area contributed by atoms with Gasteiger partial charge in [0, 0.05) is 0 Å². The van der Waals surface area contributed by atoms with Crippen LogP contribution < -0.4 is 14.8 Å². The zero-order valence-corrected chi connectivity index (χ0v) is 22.6. The molecule has 2 atom stereocenters. The topological polar surface area (TPSA) is 38.3 Å². The van der Waals surface area contributed by atoms with Crippen molar-refractivity contribution in [2.45, 2.75) is 83.4 Å². The second kappa shape index (κ2) is 9.73. The summed E-state index contributed by atoms with van der Waals surface area (Å²) in [5, 5.41) is 1.64. The van der Waals surface area contributed by atoms with Gasteiger partial charge in [-0.3, -0.25) is 0 Å². The summed E-state index contributed by atoms with van der Waals surface area (Å²) < 4.78 is 21.7. The van der Waals surface area contributed by atoms with Crippen LogP contribution in [0.5, 0.6) is 5.75 Å². The second-order valence-electron chi connectivity index (χ2n) is 10.9. The molecule has 0 bridgehead atoms. The minimum atomic E-state index is -1.21. The molecule has 172 valence electrons. The molecule has 0 aromatic heterocycles. The third kappa shape index (κ3) is 6.63. The lowest BCUT2D eigenvalue weighted by Gasteiger charge is -2.43. The van der Waals surface area contributed by atoms with Crippen molar-refractivity contribution in [2.75, 3.05) is 7.11 Å². The molecule has 0 heterocycles. The van der Waals surface area contributed by atoms with Gasteiger partial charge in [-0.15, -0.1) is 0 Å². The molecule has 2 aromatic rings. The fourth-order valence-electron chi connectivity index (χ4n) is 4.06. The number of hydrogen-bond donors (Lipinski definition) is 1. The normalized spacial score (nSPS) is 15.1. The van der Waals surface area contributed by atoms with E-state index in [1.165, 1.54) is 10.9 Å². The molecule has 31 heavy (non-hydrogen) atoms. The van der Waals surface area contributed by atoms with E-state index in [-0.39, 0.29) is 21.1 Å². The fraction of sp³-hybridized carbons (Fsp3) is 0.538. The fourth-order valence-corrected chi connectivity index (χ4v) is 9.04. The van der Waals surface area contributed by atoms with E-state index in [4.69, 9.17) is 4.74 Å². The predicted molar refractivity (Wildman–Crippen MR) is 138 cm³/mol. The molecule has 0 saturated carbocycles. The van der Waals surface area contributed by atoms with E-state index >= 15 is 0 Å². The van der Waals surface area contributed by atoms with E-state index in [1.807, 2.05) is 32.9 Å². The Balaban J connectivity index is 2.70. The molecule has 2 rings (SSSR count). The van der Waals surface area contributed by atoms with E-state index in [1.54, 1.807) is 7.11 Å². The number of hydrogen-bond acceptors (Lipinski definition) is 2. The number of rotatable bonds is 6. The maximum Gasteiger partial charge on any atom is 0.118 e. The van der Waals surface area contributed by atoms with Gasteiger partial charge in [0.05, 0.1) is 28.9 Å². The summed E-state index contributed by atoms with van der Waals surface area (Å²) in [7, 11) is -0.0457. The highest BCUT2D eigenvalue weighted by molar-refractivity contribution is 7.84. The van der Waals surface area contributed by atoms with Crippen molar-refractivity contribution in [1.82, 2.24) is 4.72 Å². The first kappa shape index (κ1) is 26.0. The highest BCUT2D eigenvalue weighted by atomic mass is 32.2. The molecule has 0 aliphatic carbocycles. The van der Waals surface area contributed by atoms with E-state index < -0.39 is 18.9 Å². The van der Waals surface area contributed by atoms with Crippen LogP contribution in [0.1, 0.15) is 79.5 Å². The SMILES string of the molecule is COc1ccc([C@H](N[S@](=O)C(C)(C)C)c2ccccc2P(C(C)(C)C)C(C)(C)C)cc1. The highest BCUT2D eigenvalue weighted by Crippen LogP contribution is 2.59. The van der Waals surface area contributed by atoms with Gasteiger partial charge in [0.1, 0.15) is 5.75 Å². The average molecular weight is 462 g/mol. The molecule has 0 radical (unpaired) electrons. The minimum Gasteiger partial charge on any atom is -0.497 e. The van der Waals surface area contributed by atoms with Crippen molar-refractivity contribution < 1.29 is 8.95 Å². The van der Waals surface area contributed by atoms with Gasteiger partial charge in [-0.2, -0.15) is 0 Å². The quantitative estimate of drug-likeness (QED) is 0.496. The molecule has 5 heteroatoms. The molecule has 0 spiro atoms. The molecule has 0 aliphatic heterocycles. The summed E-state index contributed by atoms with van der Waals surface area (Å²) in [4.78, 5) is 0. The van der Waals surface area contributed by atoms with Crippen LogP contribution in [0, 0.1) is 0 Å². The van der Waals surface area contributed by atoms with E-state index in [0.717, 1.165) is 11.3 Å². The average Bonchev–Trinajstić information content (AvgIpc) is 2.63. The van der Waals surface area contributed by atoms with Crippen LogP contribution in [-0.4, -0.2) is 26.4 Å². The Morgan fingerprint density at radius 2 is 1.35 bits per heavy atom. The van der Waals surface area contributed by atoms with Crippen LogP contribution in [0.4, 0.5) is 0 Å². The smallest absolute Gasteiger partial charge is 0.118 e. The molecular formula is C26H40NO2PS. The van der Waals surface area contributed by atoms with Gasteiger partial charge >= 0.3 is 0 Å². The van der Waals surface area contributed by atoms with Crippen molar-refractivity contribution in [3.63, 3.8) is 0 Å². The Labute approximate surface area is 193 Å². The Morgan fingerprint density at radius 3 is 1.81 bits per heavy atom. The van der Waals surface area contributed by atoms with Crippen molar-refractivity contribution in [3.05, 3.63) is 59.7 Å². The molecule has 1 N–H and O–H groups in total. The summed E-state index contributed by atoms with van der Waals surface area (Å²) in [6.07, 6.45) is 0. The lowest BCUT2D eigenvalue weighted by atomic mass is 9.99. The largest absolute Gasteiger partial charge is 0.497 e. The molecule has 2 aromatic carbocycles. The number of benzene rings is 2. The molecular weight excluding hydrogens is 421 g/mol. The number of nitrogens with one attached hydrogen (secondary N) is 1. The summed E-state index contributed by atoms with van der Waals surface area (Å²) in [6.45, 7) is 20.0. The second-order valence-corrected chi connectivity index (χ2v) is 16.8. The maximum atomic E-state index is 13.2. The molecule has 0 saturated heterocycles. The van der Waals surface area contributed by atoms with E-state index in [2.05, 4.69) is 82.7 Å². The van der Waals surface area contributed by atoms with Gasteiger partial charge < -0.3 is 4.74 Å². The molecule has 0 fully saturated rings. The van der Waals surface area contributed by atoms with Gasteiger partial charge in [0.15, 0.2) is 0 Å². The Hall–Kier alpha value is -1.22. The zero-order valence-electron chi connectivity index (χ0n) is 20.9. The first-order chi connectivity index (χ1) is 14.2. The molecule has 0 amide bonds. The highest BCUT2D eigenvalue weighted by Gasteiger charge is 2.38. The molecule has 0 aliphatic rings. The van der Waals surface area contributed by atoms with E-state index in [0.29, 0.717) is 0 Å². The van der Waals surface area contributed by atoms with E-state index in [9.17, 15) is 4.21 Å². The van der Waals surface area contributed by atoms with Gasteiger partial charge in [0.25, 0.3) is 0 Å². The van der Waals surface area contributed by atoms with Crippen molar-refractivity contribution in [3.8, 4) is 5.75 Å². The Kier molecular flexibility index (Phi) is 8.17. The van der Waals surface area contributed by atoms with Crippen molar-refractivity contribution in [1.29, 1.82) is 0 Å². The first-order valence-electron chi connectivity index (χ1n) is 10.9. The molecule has 3 nitrogen and oxygen atoms in total. The summed E-state index contributed by atoms with van der Waals surface area (Å²) in [6, 6.07) is 16.6. The van der Waals surface area contributed by atoms with Crippen LogP contribution >= 0.6 is 7.92 Å². The third-order valence-corrected chi connectivity index (χ3v) is 10.2. The monoisotopic (exact) mass is 461 g/mol. The van der Waals surface area contributed by atoms with Crippen molar-refractivity contribution >= 4 is 24.2 Å². The predicted octanol–water partition coefficient (Wildman–Crippen LogP) is 6.54. The van der Waals surface area contributed by atoms with Gasteiger partial charge in [-0.1, -0.05) is 85.9 Å². The van der Waals surface area contributed by atoms with Crippen molar-refractivity contribution in [2.24, 2.45) is 0 Å².